The number of likely N-dealkylation sites (tertiary alicyclic amines) is 1. The van der Waals surface area contributed by atoms with Crippen LogP contribution in [0.1, 0.15) is 51.2 Å². The highest BCUT2D eigenvalue weighted by Gasteiger charge is 2.28. The Balaban J connectivity index is 1.49. The molecule has 1 amide bonds. The minimum Gasteiger partial charge on any atom is -0.467 e. The molecule has 0 N–H and O–H groups in total. The normalized spacial score (nSPS) is 15.5. The van der Waals surface area contributed by atoms with Crippen molar-refractivity contribution in [1.82, 2.24) is 24.3 Å². The molecule has 1 saturated heterocycles. The van der Waals surface area contributed by atoms with Gasteiger partial charge in [-0.05, 0) is 33.6 Å². The molecule has 0 saturated carbocycles. The molecule has 1 aliphatic heterocycles. The number of rotatable bonds is 3. The molecule has 4 heterocycles. The van der Waals surface area contributed by atoms with Gasteiger partial charge in [0.1, 0.15) is 10.7 Å². The SMILES string of the molecule is COc1ncc(C(=O)N2CCC(c3nc(C)n4c(C)c(C)sc34)CC2)cn1. The third-order valence-corrected chi connectivity index (χ3v) is 6.54. The molecule has 0 radical (unpaired) electrons. The van der Waals surface area contributed by atoms with Crippen LogP contribution in [0.4, 0.5) is 0 Å². The first kappa shape index (κ1) is 17.9. The highest BCUT2D eigenvalue weighted by Crippen LogP contribution is 2.35. The molecule has 3 aromatic rings. The predicted molar refractivity (Wildman–Crippen MR) is 104 cm³/mol. The van der Waals surface area contributed by atoms with Crippen LogP contribution in [0.25, 0.3) is 4.83 Å². The smallest absolute Gasteiger partial charge is 0.316 e. The zero-order valence-electron chi connectivity index (χ0n) is 16.0. The number of ether oxygens (including phenoxy) is 1. The summed E-state index contributed by atoms with van der Waals surface area (Å²) in [5, 5.41) is 0. The fourth-order valence-corrected chi connectivity index (χ4v) is 4.95. The van der Waals surface area contributed by atoms with Crippen molar-refractivity contribution >= 4 is 22.1 Å². The molecule has 3 aromatic heterocycles. The molecular weight excluding hydrogens is 362 g/mol. The first-order valence-corrected chi connectivity index (χ1v) is 9.91. The minimum atomic E-state index is -0.0231. The van der Waals surface area contributed by atoms with Crippen LogP contribution in [0.3, 0.4) is 0 Å². The Kier molecular flexibility index (Phi) is 4.59. The molecule has 0 bridgehead atoms. The van der Waals surface area contributed by atoms with E-state index in [1.807, 2.05) is 16.2 Å². The van der Waals surface area contributed by atoms with Crippen LogP contribution in [0, 0.1) is 20.8 Å². The number of aromatic nitrogens is 4. The second kappa shape index (κ2) is 6.92. The quantitative estimate of drug-likeness (QED) is 0.693. The van der Waals surface area contributed by atoms with Gasteiger partial charge in [-0.1, -0.05) is 0 Å². The van der Waals surface area contributed by atoms with E-state index in [0.717, 1.165) is 31.8 Å². The summed E-state index contributed by atoms with van der Waals surface area (Å²) in [5.74, 6) is 1.42. The molecule has 4 rings (SSSR count). The van der Waals surface area contributed by atoms with Crippen molar-refractivity contribution in [3.05, 3.63) is 40.0 Å². The van der Waals surface area contributed by atoms with Crippen molar-refractivity contribution in [3.63, 3.8) is 0 Å². The molecule has 0 aliphatic carbocycles. The highest BCUT2D eigenvalue weighted by molar-refractivity contribution is 7.17. The molecule has 142 valence electrons. The summed E-state index contributed by atoms with van der Waals surface area (Å²) < 4.78 is 7.22. The molecular formula is C19H23N5O2S. The third kappa shape index (κ3) is 3.07. The number of methoxy groups -OCH3 is 1. The number of fused-ring (bicyclic) bond motifs is 1. The summed E-state index contributed by atoms with van der Waals surface area (Å²) in [7, 11) is 1.51. The summed E-state index contributed by atoms with van der Waals surface area (Å²) in [6.07, 6.45) is 4.90. The fraction of sp³-hybridized carbons (Fsp3) is 0.474. The Morgan fingerprint density at radius 3 is 2.48 bits per heavy atom. The van der Waals surface area contributed by atoms with Gasteiger partial charge in [-0.15, -0.1) is 11.3 Å². The Morgan fingerprint density at radius 2 is 1.85 bits per heavy atom. The number of piperidine rings is 1. The third-order valence-electron chi connectivity index (χ3n) is 5.35. The van der Waals surface area contributed by atoms with E-state index in [1.54, 1.807) is 0 Å². The molecule has 0 aromatic carbocycles. The lowest BCUT2D eigenvalue weighted by molar-refractivity contribution is 0.0711. The Labute approximate surface area is 162 Å². The van der Waals surface area contributed by atoms with E-state index in [1.165, 1.54) is 40.6 Å². The Hall–Kier alpha value is -2.48. The van der Waals surface area contributed by atoms with Crippen LogP contribution in [0.2, 0.25) is 0 Å². The first-order valence-electron chi connectivity index (χ1n) is 9.09. The number of hydrogen-bond acceptors (Lipinski definition) is 6. The topological polar surface area (TPSA) is 72.6 Å². The number of carbonyl (C=O) groups excluding carboxylic acids is 1. The molecule has 0 unspecified atom stereocenters. The van der Waals surface area contributed by atoms with Gasteiger partial charge < -0.3 is 9.64 Å². The average Bonchev–Trinajstić information content (AvgIpc) is 3.18. The van der Waals surface area contributed by atoms with Crippen molar-refractivity contribution in [2.45, 2.75) is 39.5 Å². The van der Waals surface area contributed by atoms with Crippen molar-refractivity contribution in [2.24, 2.45) is 0 Å². The summed E-state index contributed by atoms with van der Waals surface area (Å²) in [6, 6.07) is 0.269. The van der Waals surface area contributed by atoms with Crippen molar-refractivity contribution in [2.75, 3.05) is 20.2 Å². The van der Waals surface area contributed by atoms with Gasteiger partial charge in [-0.25, -0.2) is 15.0 Å². The van der Waals surface area contributed by atoms with Crippen LogP contribution >= 0.6 is 11.3 Å². The maximum absolute atomic E-state index is 12.7. The number of amides is 1. The second-order valence-corrected chi connectivity index (χ2v) is 8.16. The maximum atomic E-state index is 12.7. The first-order chi connectivity index (χ1) is 13.0. The van der Waals surface area contributed by atoms with Crippen LogP contribution in [-0.4, -0.2) is 50.4 Å². The number of nitrogens with zero attached hydrogens (tertiary/aromatic N) is 5. The van der Waals surface area contributed by atoms with E-state index in [0.29, 0.717) is 11.5 Å². The molecule has 7 nitrogen and oxygen atoms in total. The minimum absolute atomic E-state index is 0.0231. The average molecular weight is 385 g/mol. The molecule has 1 aliphatic rings. The van der Waals surface area contributed by atoms with Crippen molar-refractivity contribution in [1.29, 1.82) is 0 Å². The zero-order chi connectivity index (χ0) is 19.1. The van der Waals surface area contributed by atoms with Gasteiger partial charge in [0, 0.05) is 42.0 Å². The van der Waals surface area contributed by atoms with E-state index >= 15 is 0 Å². The number of hydrogen-bond donors (Lipinski definition) is 0. The molecule has 0 spiro atoms. The summed E-state index contributed by atoms with van der Waals surface area (Å²) in [4.78, 5) is 30.1. The monoisotopic (exact) mass is 385 g/mol. The fourth-order valence-electron chi connectivity index (χ4n) is 3.74. The molecule has 1 fully saturated rings. The van der Waals surface area contributed by atoms with Crippen molar-refractivity contribution in [3.8, 4) is 6.01 Å². The lowest BCUT2D eigenvalue weighted by Gasteiger charge is -2.31. The van der Waals surface area contributed by atoms with Crippen LogP contribution in [-0.2, 0) is 0 Å². The number of imidazole rings is 1. The molecule has 27 heavy (non-hydrogen) atoms. The number of carbonyl (C=O) groups is 1. The Bertz CT molecular complexity index is 984. The van der Waals surface area contributed by atoms with Gasteiger partial charge in [-0.2, -0.15) is 0 Å². The lowest BCUT2D eigenvalue weighted by Crippen LogP contribution is -2.38. The van der Waals surface area contributed by atoms with Gasteiger partial charge >= 0.3 is 6.01 Å². The predicted octanol–water partition coefficient (Wildman–Crippen LogP) is 3.14. The number of thiazole rings is 1. The summed E-state index contributed by atoms with van der Waals surface area (Å²) in [6.45, 7) is 7.82. The van der Waals surface area contributed by atoms with E-state index in [2.05, 4.69) is 35.1 Å². The van der Waals surface area contributed by atoms with E-state index in [4.69, 9.17) is 9.72 Å². The maximum Gasteiger partial charge on any atom is 0.316 e. The van der Waals surface area contributed by atoms with E-state index < -0.39 is 0 Å². The summed E-state index contributed by atoms with van der Waals surface area (Å²) >= 11 is 1.82. The van der Waals surface area contributed by atoms with Gasteiger partial charge in [0.2, 0.25) is 0 Å². The van der Waals surface area contributed by atoms with Gasteiger partial charge in [0.05, 0.1) is 18.4 Å². The van der Waals surface area contributed by atoms with Crippen molar-refractivity contribution < 1.29 is 9.53 Å². The van der Waals surface area contributed by atoms with Gasteiger partial charge in [0.15, 0.2) is 0 Å². The Morgan fingerprint density at radius 1 is 1.19 bits per heavy atom. The standard InChI is InChI=1S/C19H23N5O2S/c1-11-12(2)27-18-16(22-13(3)24(11)18)14-5-7-23(8-6-14)17(25)15-9-20-19(26-4)21-10-15/h9-10,14H,5-8H2,1-4H3. The van der Waals surface area contributed by atoms with Gasteiger partial charge in [0.25, 0.3) is 5.91 Å². The van der Waals surface area contributed by atoms with Crippen LogP contribution < -0.4 is 4.74 Å². The molecule has 8 heteroatoms. The summed E-state index contributed by atoms with van der Waals surface area (Å²) in [5.41, 5.74) is 2.96. The van der Waals surface area contributed by atoms with Crippen LogP contribution in [0.5, 0.6) is 6.01 Å². The van der Waals surface area contributed by atoms with E-state index in [-0.39, 0.29) is 11.9 Å². The largest absolute Gasteiger partial charge is 0.467 e. The molecule has 0 atom stereocenters. The number of aryl methyl sites for hydroxylation is 3. The second-order valence-electron chi connectivity index (χ2n) is 6.95. The van der Waals surface area contributed by atoms with E-state index in [9.17, 15) is 4.79 Å². The zero-order valence-corrected chi connectivity index (χ0v) is 16.8. The van der Waals surface area contributed by atoms with Gasteiger partial charge in [-0.3, -0.25) is 9.20 Å². The lowest BCUT2D eigenvalue weighted by atomic mass is 9.93. The van der Waals surface area contributed by atoms with Crippen LogP contribution in [0.15, 0.2) is 12.4 Å². The highest BCUT2D eigenvalue weighted by atomic mass is 32.1.